The summed E-state index contributed by atoms with van der Waals surface area (Å²) in [6.45, 7) is 2.61. The van der Waals surface area contributed by atoms with E-state index in [0.29, 0.717) is 68.3 Å². The first kappa shape index (κ1) is 26.8. The lowest BCUT2D eigenvalue weighted by molar-refractivity contribution is -0.139. The molecule has 4 aliphatic rings. The predicted octanol–water partition coefficient (Wildman–Crippen LogP) is 3.70. The molecule has 2 saturated heterocycles. The first-order valence-electron chi connectivity index (χ1n) is 13.9. The van der Waals surface area contributed by atoms with Crippen LogP contribution < -0.4 is 10.1 Å². The number of carbonyl (C=O) groups excluding carboxylic acids is 4. The van der Waals surface area contributed by atoms with Crippen molar-refractivity contribution in [3.8, 4) is 5.75 Å². The van der Waals surface area contributed by atoms with Gasteiger partial charge in [0.05, 0.1) is 25.4 Å². The van der Waals surface area contributed by atoms with Gasteiger partial charge in [0.15, 0.2) is 0 Å². The third-order valence-electron chi connectivity index (χ3n) is 8.57. The van der Waals surface area contributed by atoms with E-state index in [1.165, 1.54) is 16.0 Å². The van der Waals surface area contributed by atoms with Crippen molar-refractivity contribution in [2.75, 3.05) is 19.7 Å². The highest BCUT2D eigenvalue weighted by atomic mass is 35.5. The number of carbonyl (C=O) groups is 4. The van der Waals surface area contributed by atoms with Crippen molar-refractivity contribution in [1.29, 1.82) is 0 Å². The maximum Gasteiger partial charge on any atom is 0.255 e. The smallest absolute Gasteiger partial charge is 0.255 e. The number of piperidine rings is 2. The van der Waals surface area contributed by atoms with Crippen LogP contribution >= 0.6 is 11.6 Å². The van der Waals surface area contributed by atoms with Gasteiger partial charge in [-0.2, -0.15) is 0 Å². The minimum absolute atomic E-state index is 0.144. The van der Waals surface area contributed by atoms with Gasteiger partial charge in [0.25, 0.3) is 5.91 Å². The van der Waals surface area contributed by atoms with Gasteiger partial charge in [0.2, 0.25) is 17.7 Å². The maximum absolute atomic E-state index is 13.0. The maximum atomic E-state index is 13.0. The lowest BCUT2D eigenvalue weighted by Gasteiger charge is -2.39. The monoisotopic (exact) mass is 565 g/mol. The van der Waals surface area contributed by atoms with Crippen LogP contribution in [0.3, 0.4) is 0 Å². The molecule has 4 heterocycles. The molecule has 4 aliphatic heterocycles. The highest BCUT2D eigenvalue weighted by Gasteiger charge is 2.43. The molecular weight excluding hydrogens is 534 g/mol. The number of unbranched alkanes of at least 4 members (excludes halogenated alkanes) is 1. The summed E-state index contributed by atoms with van der Waals surface area (Å²) in [5, 5.41) is 3.03. The Labute approximate surface area is 237 Å². The van der Waals surface area contributed by atoms with E-state index in [0.717, 1.165) is 18.4 Å². The third kappa shape index (κ3) is 4.97. The number of hydrogen-bond acceptors (Lipinski definition) is 6. The van der Waals surface area contributed by atoms with Gasteiger partial charge in [-0.3, -0.25) is 24.5 Å². The molecule has 1 N–H and O–H groups in total. The Morgan fingerprint density at radius 1 is 1.12 bits per heavy atom. The summed E-state index contributed by atoms with van der Waals surface area (Å²) in [5.41, 5.74) is 3.29. The summed E-state index contributed by atoms with van der Waals surface area (Å²) in [6, 6.07) is 10.6. The second-order valence-corrected chi connectivity index (χ2v) is 11.4. The van der Waals surface area contributed by atoms with Crippen LogP contribution in [-0.2, 0) is 37.9 Å². The Kier molecular flexibility index (Phi) is 7.27. The first-order valence-corrected chi connectivity index (χ1v) is 14.3. The molecule has 0 aromatic heterocycles. The van der Waals surface area contributed by atoms with E-state index >= 15 is 0 Å². The molecule has 2 fully saturated rings. The summed E-state index contributed by atoms with van der Waals surface area (Å²) in [6.07, 6.45) is 3.92. The molecule has 40 heavy (non-hydrogen) atoms. The molecule has 0 aliphatic carbocycles. The van der Waals surface area contributed by atoms with Crippen molar-refractivity contribution in [3.05, 3.63) is 63.7 Å². The fourth-order valence-electron chi connectivity index (χ4n) is 6.33. The van der Waals surface area contributed by atoms with Crippen molar-refractivity contribution >= 4 is 35.2 Å². The summed E-state index contributed by atoms with van der Waals surface area (Å²) < 4.78 is 12.2. The lowest BCUT2D eigenvalue weighted by atomic mass is 9.83. The number of imide groups is 1. The van der Waals surface area contributed by atoms with Gasteiger partial charge in [-0.25, -0.2) is 0 Å². The average Bonchev–Trinajstić information content (AvgIpc) is 3.46. The number of halogens is 1. The molecule has 1 unspecified atom stereocenters. The van der Waals surface area contributed by atoms with Crippen LogP contribution in [0.5, 0.6) is 5.75 Å². The molecular formula is C30H32ClN3O6. The summed E-state index contributed by atoms with van der Waals surface area (Å²) in [5.74, 6) is -0.205. The van der Waals surface area contributed by atoms with E-state index in [9.17, 15) is 19.2 Å². The minimum Gasteiger partial charge on any atom is -0.493 e. The molecule has 2 aromatic carbocycles. The second-order valence-electron chi connectivity index (χ2n) is 11.0. The van der Waals surface area contributed by atoms with Crippen molar-refractivity contribution in [3.63, 3.8) is 0 Å². The minimum atomic E-state index is -0.658. The molecule has 1 atom stereocenters. The number of nitrogens with zero attached hydrogens (tertiary/aromatic N) is 2. The van der Waals surface area contributed by atoms with Gasteiger partial charge in [-0.1, -0.05) is 23.7 Å². The largest absolute Gasteiger partial charge is 0.493 e. The van der Waals surface area contributed by atoms with Crippen molar-refractivity contribution in [2.45, 2.75) is 69.7 Å². The molecule has 210 valence electrons. The third-order valence-corrected chi connectivity index (χ3v) is 8.81. The number of amides is 4. The van der Waals surface area contributed by atoms with Gasteiger partial charge >= 0.3 is 0 Å². The average molecular weight is 566 g/mol. The number of nitrogens with one attached hydrogen (secondary N) is 1. The molecule has 6 rings (SSSR count). The van der Waals surface area contributed by atoms with Crippen LogP contribution in [0.1, 0.15) is 72.0 Å². The Bertz CT molecular complexity index is 1370. The molecule has 0 bridgehead atoms. The quantitative estimate of drug-likeness (QED) is 0.405. The van der Waals surface area contributed by atoms with Gasteiger partial charge in [-0.05, 0) is 67.5 Å². The number of ether oxygens (including phenoxy) is 2. The van der Waals surface area contributed by atoms with Gasteiger partial charge in [0, 0.05) is 42.1 Å². The predicted molar refractivity (Wildman–Crippen MR) is 146 cm³/mol. The van der Waals surface area contributed by atoms with Crippen LogP contribution in [-0.4, -0.2) is 59.2 Å². The number of likely N-dealkylation sites (tertiary alicyclic amines) is 1. The zero-order chi connectivity index (χ0) is 27.9. The van der Waals surface area contributed by atoms with Gasteiger partial charge in [0.1, 0.15) is 11.8 Å². The molecule has 9 nitrogen and oxygen atoms in total. The van der Waals surface area contributed by atoms with Crippen molar-refractivity contribution in [2.24, 2.45) is 0 Å². The molecule has 4 amide bonds. The molecule has 0 radical (unpaired) electrons. The van der Waals surface area contributed by atoms with E-state index < -0.39 is 11.9 Å². The molecule has 10 heteroatoms. The summed E-state index contributed by atoms with van der Waals surface area (Å²) in [7, 11) is 0. The van der Waals surface area contributed by atoms with E-state index in [4.69, 9.17) is 21.1 Å². The number of fused-ring (bicyclic) bond motifs is 3. The molecule has 1 spiro atoms. The van der Waals surface area contributed by atoms with Gasteiger partial charge < -0.3 is 19.3 Å². The van der Waals surface area contributed by atoms with E-state index in [2.05, 4.69) is 5.32 Å². The van der Waals surface area contributed by atoms with Crippen molar-refractivity contribution < 1.29 is 28.7 Å². The normalized spacial score (nSPS) is 21.4. The first-order chi connectivity index (χ1) is 19.3. The standard InChI is InChI=1S/C30H32ClN3O6/c31-20-8-7-19-18-40-30(23(19)16-20)11-13-33(14-12-30)27(36)6-1-2-15-39-25-5-3-4-21-22(25)17-34(29(21)38)24-9-10-26(35)32-28(24)37/h3-5,7-8,16,24H,1-2,6,9-15,17-18H2,(H,32,35,37). The summed E-state index contributed by atoms with van der Waals surface area (Å²) >= 11 is 6.24. The molecule has 2 aromatic rings. The van der Waals surface area contributed by atoms with E-state index in [1.54, 1.807) is 12.1 Å². The Morgan fingerprint density at radius 3 is 2.75 bits per heavy atom. The van der Waals surface area contributed by atoms with Gasteiger partial charge in [-0.15, -0.1) is 0 Å². The second kappa shape index (κ2) is 10.9. The Balaban J connectivity index is 0.965. The van der Waals surface area contributed by atoms with Crippen molar-refractivity contribution in [1.82, 2.24) is 15.1 Å². The topological polar surface area (TPSA) is 105 Å². The van der Waals surface area contributed by atoms with Crippen LogP contribution in [0, 0.1) is 0 Å². The lowest BCUT2D eigenvalue weighted by Crippen LogP contribution is -2.52. The highest BCUT2D eigenvalue weighted by molar-refractivity contribution is 6.30. The zero-order valence-electron chi connectivity index (χ0n) is 22.2. The Morgan fingerprint density at radius 2 is 1.95 bits per heavy atom. The number of hydrogen-bond donors (Lipinski definition) is 1. The molecule has 0 saturated carbocycles. The fourth-order valence-corrected chi connectivity index (χ4v) is 6.51. The van der Waals surface area contributed by atoms with Crippen LogP contribution in [0.25, 0.3) is 0 Å². The SMILES string of the molecule is O=C1CCC(N2Cc3c(OCCCCC(=O)N4CCC5(CC4)OCc4ccc(Cl)cc45)cccc3C2=O)C(=O)N1. The zero-order valence-corrected chi connectivity index (χ0v) is 23.0. The van der Waals surface area contributed by atoms with E-state index in [1.807, 2.05) is 29.2 Å². The summed E-state index contributed by atoms with van der Waals surface area (Å²) in [4.78, 5) is 53.1. The van der Waals surface area contributed by atoms with Crippen LogP contribution in [0.2, 0.25) is 5.02 Å². The van der Waals surface area contributed by atoms with E-state index in [-0.39, 0.29) is 36.3 Å². The number of rotatable bonds is 7. The number of benzene rings is 2. The van der Waals surface area contributed by atoms with Crippen LogP contribution in [0.15, 0.2) is 36.4 Å². The van der Waals surface area contributed by atoms with Crippen LogP contribution in [0.4, 0.5) is 0 Å². The Hall–Kier alpha value is -3.43. The fraction of sp³-hybridized carbons (Fsp3) is 0.467. The highest BCUT2D eigenvalue weighted by Crippen LogP contribution is 2.45.